The lowest BCUT2D eigenvalue weighted by atomic mass is 9.92. The number of nitrogens with zero attached hydrogens (tertiary/aromatic N) is 5. The maximum absolute atomic E-state index is 14.4. The van der Waals surface area contributed by atoms with E-state index in [0.717, 1.165) is 27.5 Å². The number of aryl methyl sites for hydroxylation is 2. The van der Waals surface area contributed by atoms with Crippen molar-refractivity contribution in [3.8, 4) is 17.2 Å². The number of aliphatic carboxylic acids is 2. The fourth-order valence-electron chi connectivity index (χ4n) is 16.3. The van der Waals surface area contributed by atoms with E-state index in [1.54, 1.807) is 61.5 Å². The number of hydrogen-bond donors (Lipinski definition) is 13. The van der Waals surface area contributed by atoms with Crippen molar-refractivity contribution in [1.82, 2.24) is 41.3 Å². The van der Waals surface area contributed by atoms with Gasteiger partial charge in [0.05, 0.1) is 125 Å². The Labute approximate surface area is 808 Å². The number of aliphatic hydroxyl groups excluding tert-OH is 2. The first-order valence-electron chi connectivity index (χ1n) is 46.3. The first-order chi connectivity index (χ1) is 66.9. The number of carboxylic acids is 2. The van der Waals surface area contributed by atoms with Crippen LogP contribution in [0.15, 0.2) is 121 Å². The Bertz CT molecular complexity index is 5260. The minimum Gasteiger partial charge on any atom is -0.493 e. The molecule has 756 valence electrons. The molecule has 6 aliphatic rings. The number of carbonyl (C=O) groups is 18. The number of nitrogens with one attached hydrogen (secondary N) is 7. The topological polar surface area (TPSA) is 605 Å². The Hall–Kier alpha value is -14.1. The number of ether oxygens (including phenoxy) is 7. The molecule has 6 heterocycles. The number of carboxylic acid groups (broad SMARTS) is 2. The number of benzene rings is 4. The Morgan fingerprint density at radius 2 is 1.02 bits per heavy atom. The quantitative estimate of drug-likeness (QED) is 0.0163. The molecule has 0 aromatic heterocycles. The number of imide groups is 2. The van der Waals surface area contributed by atoms with Crippen LogP contribution in [0.4, 0.5) is 32.3 Å². The molecule has 0 spiro atoms. The molecule has 140 heavy (non-hydrogen) atoms. The van der Waals surface area contributed by atoms with Crippen LogP contribution in [0.25, 0.3) is 0 Å². The Balaban J connectivity index is 0.00000299. The molecule has 0 aliphatic carbocycles. The minimum atomic E-state index is -1.60. The SMILES string of the molecule is C=C1C[C@H]2[C@H](O)N(C(=O)OCCCc3ccc(NC(=O)[C@H](CC(=O)O)CC(=O)[C@H](CCCCN)NC(=O)CCOCCNC(=O)C(C(C)C(=O)NCCOCCC(=O)N[C@@H](CCCCN)C(C)=O)N4C(=O)C=CC4=O)cc3)c3cc(OCCCCCOc4cc5c(cc4C)C(=O)N4CC(=C)C[C@H]4[C@H](O)N5C(=O)OCc4ccc(NC(=O)[C@@H](C)CC(=O)O)cc4)c(OC)cc3C(=O)N2C1.O=C1C=CC(=O)N1. The molecule has 6 aliphatic heterocycles. The molecule has 43 nitrogen and oxygen atoms in total. The van der Waals surface area contributed by atoms with Crippen molar-refractivity contribution in [1.29, 1.82) is 0 Å². The number of rotatable bonds is 53. The number of ketones is 2. The maximum Gasteiger partial charge on any atom is 0.416 e. The van der Waals surface area contributed by atoms with Crippen LogP contribution in [0.2, 0.25) is 0 Å². The monoisotopic (exact) mass is 1950 g/mol. The summed E-state index contributed by atoms with van der Waals surface area (Å²) in [4.78, 5) is 237. The van der Waals surface area contributed by atoms with Crippen molar-refractivity contribution in [2.75, 3.05) is 113 Å². The van der Waals surface area contributed by atoms with E-state index in [4.69, 9.17) is 49.7 Å². The Kier molecular flexibility index (Phi) is 42.0. The van der Waals surface area contributed by atoms with Crippen LogP contribution in [-0.4, -0.2) is 277 Å². The zero-order chi connectivity index (χ0) is 102. The molecule has 15 N–H and O–H groups in total. The summed E-state index contributed by atoms with van der Waals surface area (Å²) < 4.78 is 41.0. The molecule has 2 saturated heterocycles. The number of hydrogen-bond acceptors (Lipinski definition) is 29. The normalized spacial score (nSPS) is 17.5. The number of aliphatic hydroxyl groups is 2. The molecule has 0 radical (unpaired) electrons. The van der Waals surface area contributed by atoms with Crippen molar-refractivity contribution in [2.45, 2.75) is 193 Å². The van der Waals surface area contributed by atoms with Crippen molar-refractivity contribution in [2.24, 2.45) is 29.2 Å². The molecule has 0 saturated carbocycles. The second-order valence-electron chi connectivity index (χ2n) is 34.5. The standard InChI is InChI=1S/C93H121N13O27.C4H3NO2/c1-54-43-72-91(124)105(93(126)133-53-61-21-25-63(26-22-61)98-84(117)57(4)45-81(113)114)69-49-74(56(3)44-65(69)88(121)102(72)51-54)130-35-13-8-14-36-131-76-50-70-66(48-75(76)127-7)89(122)103-52-55(2)42-71(103)90(123)104(70)92(125)132-37-15-16-60-19-23-64(24-20-60)99-86(119)62(47-82(115)116)46-73(108)68(18-10-12-32-95)101-78(110)30-39-129-41-34-97-87(120)83(106-79(111)27-28-80(106)112)58(5)85(118)96-33-40-128-38-29-77(109)100-67(59(6)107)17-9-11-31-94;6-3-1-2-4(7)5-3/h19-28,44,48-50,57-58,62,67-68,71-72,83,90-91,123-124H,1-2,8-18,29-43,45-47,51-53,94-95H2,3-7H3,(H,96,118)(H,97,120)(H,98,117)(H,99,119)(H,100,109)(H,101,110)(H,113,114)(H,115,116);1-2H,(H,5,6,7)/t57-,58?,62-,67-,68-,71-,72-,83?,90-,91-;/m0./s1. The van der Waals surface area contributed by atoms with Gasteiger partial charge in [-0.25, -0.2) is 19.4 Å². The van der Waals surface area contributed by atoms with Crippen molar-refractivity contribution in [3.63, 3.8) is 0 Å². The van der Waals surface area contributed by atoms with Crippen LogP contribution in [0.3, 0.4) is 0 Å². The minimum absolute atomic E-state index is 0.00363. The Morgan fingerprint density at radius 1 is 0.529 bits per heavy atom. The number of fused-ring (bicyclic) bond motifs is 4. The van der Waals surface area contributed by atoms with E-state index in [-0.39, 0.29) is 188 Å². The third-order valence-electron chi connectivity index (χ3n) is 23.8. The van der Waals surface area contributed by atoms with Crippen LogP contribution >= 0.6 is 0 Å². The smallest absolute Gasteiger partial charge is 0.416 e. The highest BCUT2D eigenvalue weighted by Crippen LogP contribution is 2.44. The van der Waals surface area contributed by atoms with Gasteiger partial charge in [0.25, 0.3) is 35.4 Å². The van der Waals surface area contributed by atoms with E-state index in [1.165, 1.54) is 68.0 Å². The molecular weight excluding hydrogens is 1830 g/mol. The van der Waals surface area contributed by atoms with E-state index in [2.05, 4.69) is 45.1 Å². The number of anilines is 4. The van der Waals surface area contributed by atoms with Crippen LogP contribution in [0.1, 0.15) is 167 Å². The molecular formula is C97H124N14O29. The van der Waals surface area contributed by atoms with E-state index in [1.807, 2.05) is 5.32 Å². The Morgan fingerprint density at radius 3 is 1.54 bits per heavy atom. The number of Topliss-reactive ketones (excluding diaryl/α,β-unsaturated/α-hetero) is 2. The largest absolute Gasteiger partial charge is 0.493 e. The number of carbonyl (C=O) groups excluding carboxylic acids is 16. The first-order valence-corrected chi connectivity index (χ1v) is 46.3. The van der Waals surface area contributed by atoms with Gasteiger partial charge in [0, 0.05) is 99.2 Å². The van der Waals surface area contributed by atoms with Gasteiger partial charge in [-0.2, -0.15) is 0 Å². The van der Waals surface area contributed by atoms with Crippen LogP contribution < -0.4 is 72.7 Å². The van der Waals surface area contributed by atoms with Gasteiger partial charge in [0.2, 0.25) is 35.4 Å². The zero-order valence-corrected chi connectivity index (χ0v) is 78.9. The predicted molar refractivity (Wildman–Crippen MR) is 503 cm³/mol. The van der Waals surface area contributed by atoms with Gasteiger partial charge < -0.3 is 107 Å². The van der Waals surface area contributed by atoms with Crippen molar-refractivity contribution in [3.05, 3.63) is 149 Å². The lowest BCUT2D eigenvalue weighted by molar-refractivity contribution is -0.149. The second kappa shape index (κ2) is 53.7. The third-order valence-corrected chi connectivity index (χ3v) is 23.8. The van der Waals surface area contributed by atoms with Gasteiger partial charge in [0.15, 0.2) is 35.5 Å². The summed E-state index contributed by atoms with van der Waals surface area (Å²) in [6.45, 7) is 14.2. The lowest BCUT2D eigenvalue weighted by Crippen LogP contribution is -2.56. The van der Waals surface area contributed by atoms with E-state index in [0.29, 0.717) is 103 Å². The second-order valence-corrected chi connectivity index (χ2v) is 34.5. The summed E-state index contributed by atoms with van der Waals surface area (Å²) in [6.07, 6.45) is 2.49. The number of methoxy groups -OCH3 is 1. The summed E-state index contributed by atoms with van der Waals surface area (Å²) in [5.74, 6) is -13.2. The predicted octanol–water partition coefficient (Wildman–Crippen LogP) is 4.59. The summed E-state index contributed by atoms with van der Waals surface area (Å²) in [5, 5.41) is 60.9. The van der Waals surface area contributed by atoms with Gasteiger partial charge >= 0.3 is 24.1 Å². The van der Waals surface area contributed by atoms with Crippen LogP contribution in [0.5, 0.6) is 17.2 Å². The molecule has 2 unspecified atom stereocenters. The van der Waals surface area contributed by atoms with E-state index < -0.39 is 162 Å². The van der Waals surface area contributed by atoms with Gasteiger partial charge in [-0.1, -0.05) is 62.4 Å². The van der Waals surface area contributed by atoms with Gasteiger partial charge in [-0.15, -0.1) is 0 Å². The molecule has 0 bridgehead atoms. The van der Waals surface area contributed by atoms with Crippen LogP contribution in [-0.2, 0) is 99.1 Å². The maximum atomic E-state index is 14.4. The van der Waals surface area contributed by atoms with Gasteiger partial charge in [-0.05, 0) is 163 Å². The number of nitrogens with two attached hydrogens (primary N) is 2. The highest BCUT2D eigenvalue weighted by Gasteiger charge is 2.49. The third kappa shape index (κ3) is 31.4. The van der Waals surface area contributed by atoms with Gasteiger partial charge in [-0.3, -0.25) is 86.9 Å². The molecule has 2 fully saturated rings. The zero-order valence-electron chi connectivity index (χ0n) is 78.9. The van der Waals surface area contributed by atoms with Crippen molar-refractivity contribution >= 4 is 129 Å². The molecule has 14 amide bonds. The fraction of sp³-hybridized carbons (Fsp3) is 0.485. The molecule has 10 atom stereocenters. The molecule has 4 aromatic carbocycles. The summed E-state index contributed by atoms with van der Waals surface area (Å²) in [6, 6.07) is 13.7. The summed E-state index contributed by atoms with van der Waals surface area (Å²) in [7, 11) is 1.39. The molecule has 4 aromatic rings. The van der Waals surface area contributed by atoms with Crippen LogP contribution in [0, 0.1) is 24.7 Å². The number of unbranched alkanes of at least 4 members (excludes halogenated alkanes) is 4. The highest BCUT2D eigenvalue weighted by atomic mass is 16.6. The van der Waals surface area contributed by atoms with E-state index >= 15 is 0 Å². The molecule has 43 heteroatoms. The lowest BCUT2D eigenvalue weighted by Gasteiger charge is -2.31. The van der Waals surface area contributed by atoms with Crippen molar-refractivity contribution < 1.29 is 140 Å². The average Bonchev–Trinajstić information content (AvgIpc) is 1.67. The highest BCUT2D eigenvalue weighted by molar-refractivity contribution is 6.16. The fourth-order valence-corrected chi connectivity index (χ4v) is 16.3. The molecule has 10 rings (SSSR count). The average molecular weight is 1950 g/mol. The van der Waals surface area contributed by atoms with Gasteiger partial charge in [0.1, 0.15) is 18.4 Å². The van der Waals surface area contributed by atoms with E-state index in [9.17, 15) is 102 Å². The first kappa shape index (κ1) is 110. The summed E-state index contributed by atoms with van der Waals surface area (Å²) in [5.41, 5.74) is 15.3. The number of amides is 14. The summed E-state index contributed by atoms with van der Waals surface area (Å²) >= 11 is 0.